The number of benzene rings is 1. The minimum absolute atomic E-state index is 0.00940. The maximum atomic E-state index is 12.2. The summed E-state index contributed by atoms with van der Waals surface area (Å²) in [6.45, 7) is 0.887. The number of nitriles is 1. The van der Waals surface area contributed by atoms with Gasteiger partial charge in [-0.05, 0) is 25.1 Å². The van der Waals surface area contributed by atoms with Gasteiger partial charge in [0.1, 0.15) is 5.75 Å². The Balaban J connectivity index is 2.88. The van der Waals surface area contributed by atoms with Crippen molar-refractivity contribution < 1.29 is 17.9 Å². The molecule has 1 aromatic carbocycles. The van der Waals surface area contributed by atoms with E-state index in [1.807, 2.05) is 6.07 Å². The minimum atomic E-state index is -4.44. The standard InChI is InChI=1S/C10H9F3N2O/c1-6(10(11,12)13)16-9-3-2-7(5-14)4-8(9)15/h2-4,6H,15H2,1H3. The van der Waals surface area contributed by atoms with Gasteiger partial charge < -0.3 is 10.5 Å². The first-order valence-electron chi connectivity index (χ1n) is 4.37. The molecule has 0 saturated carbocycles. The summed E-state index contributed by atoms with van der Waals surface area (Å²) in [4.78, 5) is 0. The van der Waals surface area contributed by atoms with Crippen LogP contribution in [0, 0.1) is 11.3 Å². The quantitative estimate of drug-likeness (QED) is 0.794. The van der Waals surface area contributed by atoms with E-state index in [-0.39, 0.29) is 17.0 Å². The second-order valence-corrected chi connectivity index (χ2v) is 3.17. The Labute approximate surface area is 90.2 Å². The Morgan fingerprint density at radius 3 is 2.50 bits per heavy atom. The van der Waals surface area contributed by atoms with Crippen LogP contribution in [0.15, 0.2) is 18.2 Å². The van der Waals surface area contributed by atoms with E-state index >= 15 is 0 Å². The molecule has 0 heterocycles. The van der Waals surface area contributed by atoms with E-state index in [0.717, 1.165) is 6.92 Å². The highest BCUT2D eigenvalue weighted by molar-refractivity contribution is 5.56. The third-order valence-corrected chi connectivity index (χ3v) is 1.90. The first-order chi connectivity index (χ1) is 7.34. The van der Waals surface area contributed by atoms with Crippen LogP contribution < -0.4 is 10.5 Å². The van der Waals surface area contributed by atoms with Crippen LogP contribution >= 0.6 is 0 Å². The lowest BCUT2D eigenvalue weighted by Gasteiger charge is -2.18. The molecule has 0 aromatic heterocycles. The number of ether oxygens (including phenoxy) is 1. The van der Waals surface area contributed by atoms with Crippen molar-refractivity contribution in [2.75, 3.05) is 5.73 Å². The van der Waals surface area contributed by atoms with E-state index in [2.05, 4.69) is 4.74 Å². The van der Waals surface area contributed by atoms with Gasteiger partial charge in [0.15, 0.2) is 6.10 Å². The Hall–Kier alpha value is -1.90. The van der Waals surface area contributed by atoms with Gasteiger partial charge in [-0.25, -0.2) is 0 Å². The van der Waals surface area contributed by atoms with Gasteiger partial charge in [0.2, 0.25) is 0 Å². The van der Waals surface area contributed by atoms with Crippen LogP contribution in [-0.4, -0.2) is 12.3 Å². The summed E-state index contributed by atoms with van der Waals surface area (Å²) in [6, 6.07) is 5.67. The maximum absolute atomic E-state index is 12.2. The van der Waals surface area contributed by atoms with E-state index in [1.165, 1.54) is 18.2 Å². The summed E-state index contributed by atoms with van der Waals surface area (Å²) < 4.78 is 41.2. The highest BCUT2D eigenvalue weighted by Gasteiger charge is 2.38. The first-order valence-corrected chi connectivity index (χ1v) is 4.37. The van der Waals surface area contributed by atoms with Gasteiger partial charge in [-0.2, -0.15) is 18.4 Å². The Bertz CT molecular complexity index is 423. The van der Waals surface area contributed by atoms with Gasteiger partial charge in [-0.3, -0.25) is 0 Å². The summed E-state index contributed by atoms with van der Waals surface area (Å²) in [5, 5.41) is 8.54. The van der Waals surface area contributed by atoms with Crippen LogP contribution in [0.25, 0.3) is 0 Å². The molecule has 16 heavy (non-hydrogen) atoms. The van der Waals surface area contributed by atoms with Gasteiger partial charge in [-0.1, -0.05) is 0 Å². The maximum Gasteiger partial charge on any atom is 0.425 e. The average Bonchev–Trinajstić information content (AvgIpc) is 2.19. The van der Waals surface area contributed by atoms with Crippen molar-refractivity contribution in [2.24, 2.45) is 0 Å². The van der Waals surface area contributed by atoms with Crippen LogP contribution in [0.5, 0.6) is 5.75 Å². The molecule has 3 nitrogen and oxygen atoms in total. The molecule has 1 aromatic rings. The van der Waals surface area contributed by atoms with E-state index in [9.17, 15) is 13.2 Å². The van der Waals surface area contributed by atoms with Gasteiger partial charge in [0, 0.05) is 0 Å². The smallest absolute Gasteiger partial charge is 0.425 e. The predicted molar refractivity (Wildman–Crippen MR) is 51.7 cm³/mol. The lowest BCUT2D eigenvalue weighted by atomic mass is 10.2. The van der Waals surface area contributed by atoms with E-state index < -0.39 is 12.3 Å². The van der Waals surface area contributed by atoms with Crippen LogP contribution in [-0.2, 0) is 0 Å². The molecule has 0 spiro atoms. The fourth-order valence-corrected chi connectivity index (χ4v) is 0.983. The van der Waals surface area contributed by atoms with Gasteiger partial charge in [0.05, 0.1) is 17.3 Å². The van der Waals surface area contributed by atoms with Crippen molar-refractivity contribution in [2.45, 2.75) is 19.2 Å². The monoisotopic (exact) mass is 230 g/mol. The molecular formula is C10H9F3N2O. The fraction of sp³-hybridized carbons (Fsp3) is 0.300. The van der Waals surface area contributed by atoms with E-state index in [4.69, 9.17) is 11.0 Å². The highest BCUT2D eigenvalue weighted by Crippen LogP contribution is 2.28. The first kappa shape index (κ1) is 12.2. The number of hydrogen-bond acceptors (Lipinski definition) is 3. The summed E-state index contributed by atoms with van der Waals surface area (Å²) in [5.74, 6) is -0.0798. The van der Waals surface area contributed by atoms with Crippen LogP contribution in [0.3, 0.4) is 0 Å². The fourth-order valence-electron chi connectivity index (χ4n) is 0.983. The Morgan fingerprint density at radius 1 is 1.44 bits per heavy atom. The van der Waals surface area contributed by atoms with Gasteiger partial charge in [0.25, 0.3) is 0 Å². The van der Waals surface area contributed by atoms with Crippen molar-refractivity contribution in [3.8, 4) is 11.8 Å². The third kappa shape index (κ3) is 2.79. The average molecular weight is 230 g/mol. The molecule has 0 aliphatic carbocycles. The molecule has 1 atom stereocenters. The topological polar surface area (TPSA) is 59.0 Å². The second kappa shape index (κ2) is 4.31. The molecule has 6 heteroatoms. The molecule has 0 bridgehead atoms. The zero-order valence-electron chi connectivity index (χ0n) is 8.38. The number of nitrogens with zero attached hydrogens (tertiary/aromatic N) is 1. The summed E-state index contributed by atoms with van der Waals surface area (Å²) in [6.07, 6.45) is -6.39. The van der Waals surface area contributed by atoms with Crippen LogP contribution in [0.4, 0.5) is 18.9 Å². The number of nitrogen functional groups attached to an aromatic ring is 1. The Kier molecular flexibility index (Phi) is 3.28. The molecule has 0 aliphatic rings. The lowest BCUT2D eigenvalue weighted by Crippen LogP contribution is -2.31. The van der Waals surface area contributed by atoms with E-state index in [1.54, 1.807) is 0 Å². The number of rotatable bonds is 2. The number of alkyl halides is 3. The largest absolute Gasteiger partial charge is 0.479 e. The molecule has 0 fully saturated rings. The summed E-state index contributed by atoms with van der Waals surface area (Å²) >= 11 is 0. The minimum Gasteiger partial charge on any atom is -0.479 e. The number of nitrogens with two attached hydrogens (primary N) is 1. The molecular weight excluding hydrogens is 221 g/mol. The van der Waals surface area contributed by atoms with Gasteiger partial charge in [-0.15, -0.1) is 0 Å². The van der Waals surface area contributed by atoms with Crippen LogP contribution in [0.2, 0.25) is 0 Å². The molecule has 0 radical (unpaired) electrons. The molecule has 2 N–H and O–H groups in total. The van der Waals surface area contributed by atoms with Gasteiger partial charge >= 0.3 is 6.18 Å². The van der Waals surface area contributed by atoms with Crippen molar-refractivity contribution in [1.82, 2.24) is 0 Å². The highest BCUT2D eigenvalue weighted by atomic mass is 19.4. The zero-order chi connectivity index (χ0) is 12.3. The summed E-state index contributed by atoms with van der Waals surface area (Å²) in [5.41, 5.74) is 5.72. The molecule has 86 valence electrons. The molecule has 1 rings (SSSR count). The van der Waals surface area contributed by atoms with E-state index in [0.29, 0.717) is 0 Å². The van der Waals surface area contributed by atoms with Crippen molar-refractivity contribution >= 4 is 5.69 Å². The normalized spacial score (nSPS) is 12.9. The Morgan fingerprint density at radius 2 is 2.06 bits per heavy atom. The summed E-state index contributed by atoms with van der Waals surface area (Å²) in [7, 11) is 0. The third-order valence-electron chi connectivity index (χ3n) is 1.90. The lowest BCUT2D eigenvalue weighted by molar-refractivity contribution is -0.189. The zero-order valence-corrected chi connectivity index (χ0v) is 8.38. The molecule has 0 aliphatic heterocycles. The SMILES string of the molecule is CC(Oc1ccc(C#N)cc1N)C(F)(F)F. The number of anilines is 1. The number of hydrogen-bond donors (Lipinski definition) is 1. The second-order valence-electron chi connectivity index (χ2n) is 3.17. The molecule has 1 unspecified atom stereocenters. The predicted octanol–water partition coefficient (Wildman–Crippen LogP) is 2.47. The van der Waals surface area contributed by atoms with Crippen molar-refractivity contribution in [3.63, 3.8) is 0 Å². The van der Waals surface area contributed by atoms with Crippen molar-refractivity contribution in [1.29, 1.82) is 5.26 Å². The van der Waals surface area contributed by atoms with Crippen molar-refractivity contribution in [3.05, 3.63) is 23.8 Å². The molecule has 0 amide bonds. The molecule has 0 saturated heterocycles. The van der Waals surface area contributed by atoms with Crippen LogP contribution in [0.1, 0.15) is 12.5 Å². The number of halogens is 3.